The molecule has 0 unspecified atom stereocenters. The lowest BCUT2D eigenvalue weighted by Crippen LogP contribution is -2.34. The molecule has 0 radical (unpaired) electrons. The molecule has 2 aromatic carbocycles. The van der Waals surface area contributed by atoms with Crippen molar-refractivity contribution < 1.29 is 18.0 Å². The Kier molecular flexibility index (Phi) is 5.81. The van der Waals surface area contributed by atoms with Crippen LogP contribution in [0.15, 0.2) is 53.4 Å². The van der Waals surface area contributed by atoms with Crippen LogP contribution in [0.4, 0.5) is 11.4 Å². The number of hydrogen-bond acceptors (Lipinski definition) is 4. The number of carbonyl (C=O) groups is 2. The number of carbonyl (C=O) groups excluding carboxylic acids is 2. The van der Waals surface area contributed by atoms with Crippen LogP contribution in [0.25, 0.3) is 0 Å². The Labute approximate surface area is 151 Å². The highest BCUT2D eigenvalue weighted by molar-refractivity contribution is 7.92. The van der Waals surface area contributed by atoms with Gasteiger partial charge in [-0.15, -0.1) is 0 Å². The molecule has 8 heteroatoms. The van der Waals surface area contributed by atoms with E-state index in [4.69, 9.17) is 11.6 Å². The highest BCUT2D eigenvalue weighted by atomic mass is 35.5. The van der Waals surface area contributed by atoms with Gasteiger partial charge in [0.1, 0.15) is 6.54 Å². The Morgan fingerprint density at radius 3 is 2.08 bits per heavy atom. The molecule has 0 aromatic heterocycles. The molecule has 1 N–H and O–H groups in total. The fourth-order valence-corrected chi connectivity index (χ4v) is 3.79. The Morgan fingerprint density at radius 2 is 1.60 bits per heavy atom. The molecule has 0 fully saturated rings. The summed E-state index contributed by atoms with van der Waals surface area (Å²) in [4.78, 5) is 22.4. The van der Waals surface area contributed by atoms with Crippen molar-refractivity contribution in [1.82, 2.24) is 0 Å². The molecule has 2 rings (SSSR count). The third-order valence-corrected chi connectivity index (χ3v) is 5.26. The van der Waals surface area contributed by atoms with Crippen molar-refractivity contribution in [2.24, 2.45) is 0 Å². The van der Waals surface area contributed by atoms with Crippen molar-refractivity contribution in [2.45, 2.75) is 18.7 Å². The number of halogens is 1. The molecular weight excluding hydrogens is 364 g/mol. The van der Waals surface area contributed by atoms with Crippen LogP contribution in [0.3, 0.4) is 0 Å². The lowest BCUT2D eigenvalue weighted by molar-refractivity contribution is -0.114. The summed E-state index contributed by atoms with van der Waals surface area (Å²) in [5.41, 5.74) is 1.77. The summed E-state index contributed by atoms with van der Waals surface area (Å²) >= 11 is 5.44. The second kappa shape index (κ2) is 7.67. The molecular formula is C17H17ClN2O4S. The lowest BCUT2D eigenvalue weighted by Gasteiger charge is -2.23. The van der Waals surface area contributed by atoms with Gasteiger partial charge in [0.25, 0.3) is 10.0 Å². The lowest BCUT2D eigenvalue weighted by atomic mass is 10.2. The van der Waals surface area contributed by atoms with Gasteiger partial charge in [-0.3, -0.25) is 13.9 Å². The van der Waals surface area contributed by atoms with E-state index in [2.05, 4.69) is 5.32 Å². The second-order valence-electron chi connectivity index (χ2n) is 5.41. The van der Waals surface area contributed by atoms with Gasteiger partial charge in [-0.05, 0) is 54.9 Å². The van der Waals surface area contributed by atoms with Crippen LogP contribution in [-0.4, -0.2) is 26.1 Å². The maximum Gasteiger partial charge on any atom is 0.264 e. The van der Waals surface area contributed by atoms with E-state index in [-0.39, 0.29) is 10.8 Å². The molecule has 0 aliphatic heterocycles. The van der Waals surface area contributed by atoms with E-state index in [1.807, 2.05) is 6.92 Å². The molecule has 25 heavy (non-hydrogen) atoms. The molecule has 0 aliphatic carbocycles. The summed E-state index contributed by atoms with van der Waals surface area (Å²) < 4.78 is 26.8. The monoisotopic (exact) mass is 380 g/mol. The van der Waals surface area contributed by atoms with Gasteiger partial charge in [-0.2, -0.15) is 0 Å². The minimum absolute atomic E-state index is 0.0138. The standard InChI is InChI=1S/C17H17ClN2O4S/c1-12-3-7-15(8-4-12)20(11-17(18)22)25(23,24)16-9-5-14(6-10-16)19-13(2)21/h3-10H,11H2,1-2H3,(H,19,21). The largest absolute Gasteiger partial charge is 0.326 e. The fraction of sp³-hybridized carbons (Fsp3) is 0.176. The van der Waals surface area contributed by atoms with Crippen molar-refractivity contribution in [3.8, 4) is 0 Å². The molecule has 0 spiro atoms. The molecule has 0 saturated carbocycles. The van der Waals surface area contributed by atoms with Gasteiger partial charge < -0.3 is 5.32 Å². The molecule has 6 nitrogen and oxygen atoms in total. The molecule has 0 saturated heterocycles. The van der Waals surface area contributed by atoms with Crippen LogP contribution in [0, 0.1) is 6.92 Å². The quantitative estimate of drug-likeness (QED) is 0.781. The Morgan fingerprint density at radius 1 is 1.04 bits per heavy atom. The van der Waals surface area contributed by atoms with E-state index < -0.39 is 21.8 Å². The number of hydrogen-bond donors (Lipinski definition) is 1. The molecule has 132 valence electrons. The minimum Gasteiger partial charge on any atom is -0.326 e. The van der Waals surface area contributed by atoms with Crippen LogP contribution in [0.5, 0.6) is 0 Å². The Bertz CT molecular complexity index is 878. The van der Waals surface area contributed by atoms with E-state index in [9.17, 15) is 18.0 Å². The molecule has 0 atom stereocenters. The first-order valence-corrected chi connectivity index (χ1v) is 9.17. The van der Waals surface area contributed by atoms with Gasteiger partial charge in [-0.1, -0.05) is 17.7 Å². The zero-order chi connectivity index (χ0) is 18.6. The molecule has 2 aromatic rings. The minimum atomic E-state index is -3.99. The summed E-state index contributed by atoms with van der Waals surface area (Å²) in [6, 6.07) is 12.4. The van der Waals surface area contributed by atoms with E-state index in [1.165, 1.54) is 31.2 Å². The van der Waals surface area contributed by atoms with E-state index >= 15 is 0 Å². The highest BCUT2D eigenvalue weighted by Gasteiger charge is 2.26. The molecule has 1 amide bonds. The van der Waals surface area contributed by atoms with Gasteiger partial charge in [0, 0.05) is 12.6 Å². The van der Waals surface area contributed by atoms with Crippen molar-refractivity contribution in [3.05, 3.63) is 54.1 Å². The van der Waals surface area contributed by atoms with Crippen molar-refractivity contribution in [2.75, 3.05) is 16.2 Å². The van der Waals surface area contributed by atoms with Gasteiger partial charge in [0.2, 0.25) is 11.1 Å². The van der Waals surface area contributed by atoms with Crippen molar-refractivity contribution in [3.63, 3.8) is 0 Å². The highest BCUT2D eigenvalue weighted by Crippen LogP contribution is 2.25. The van der Waals surface area contributed by atoms with Crippen LogP contribution in [-0.2, 0) is 19.6 Å². The van der Waals surface area contributed by atoms with Crippen LogP contribution >= 0.6 is 11.6 Å². The first-order valence-electron chi connectivity index (χ1n) is 7.35. The van der Waals surface area contributed by atoms with Gasteiger partial charge in [0.05, 0.1) is 10.6 Å². The van der Waals surface area contributed by atoms with Crippen molar-refractivity contribution in [1.29, 1.82) is 0 Å². The van der Waals surface area contributed by atoms with Crippen molar-refractivity contribution >= 4 is 44.1 Å². The molecule has 0 heterocycles. The van der Waals surface area contributed by atoms with Gasteiger partial charge in [0.15, 0.2) is 0 Å². The van der Waals surface area contributed by atoms with Gasteiger partial charge >= 0.3 is 0 Å². The maximum absolute atomic E-state index is 12.9. The Hall–Kier alpha value is -2.38. The third kappa shape index (κ3) is 4.80. The zero-order valence-electron chi connectivity index (χ0n) is 13.7. The summed E-state index contributed by atoms with van der Waals surface area (Å²) in [7, 11) is -3.99. The molecule has 0 bridgehead atoms. The average Bonchev–Trinajstić information content (AvgIpc) is 2.53. The zero-order valence-corrected chi connectivity index (χ0v) is 15.3. The van der Waals surface area contributed by atoms with E-state index in [0.29, 0.717) is 11.4 Å². The molecule has 0 aliphatic rings. The van der Waals surface area contributed by atoms with E-state index in [1.54, 1.807) is 24.3 Å². The Balaban J connectivity index is 2.42. The average molecular weight is 381 g/mol. The number of nitrogens with zero attached hydrogens (tertiary/aromatic N) is 1. The topological polar surface area (TPSA) is 83.6 Å². The fourth-order valence-electron chi connectivity index (χ4n) is 2.18. The number of amides is 1. The summed E-state index contributed by atoms with van der Waals surface area (Å²) in [6.07, 6.45) is 0. The summed E-state index contributed by atoms with van der Waals surface area (Å²) in [5.74, 6) is -0.260. The first kappa shape index (κ1) is 19.0. The normalized spacial score (nSPS) is 11.0. The van der Waals surface area contributed by atoms with E-state index in [0.717, 1.165) is 9.87 Å². The number of sulfonamides is 1. The number of aryl methyl sites for hydroxylation is 1. The van der Waals surface area contributed by atoms with Gasteiger partial charge in [-0.25, -0.2) is 8.42 Å². The smallest absolute Gasteiger partial charge is 0.264 e. The predicted octanol–water partition coefficient (Wildman–Crippen LogP) is 2.91. The summed E-state index contributed by atoms with van der Waals surface area (Å²) in [5, 5.41) is 1.77. The van der Waals surface area contributed by atoms with Crippen LogP contribution in [0.2, 0.25) is 0 Å². The number of nitrogens with one attached hydrogen (secondary N) is 1. The second-order valence-corrected chi connectivity index (χ2v) is 7.69. The third-order valence-electron chi connectivity index (χ3n) is 3.35. The number of anilines is 2. The van der Waals surface area contributed by atoms with Crippen LogP contribution in [0.1, 0.15) is 12.5 Å². The number of rotatable bonds is 6. The first-order chi connectivity index (χ1) is 11.7. The number of benzene rings is 2. The maximum atomic E-state index is 12.9. The SMILES string of the molecule is CC(=O)Nc1ccc(S(=O)(=O)N(CC(=O)Cl)c2ccc(C)cc2)cc1. The van der Waals surface area contributed by atoms with Crippen LogP contribution < -0.4 is 9.62 Å². The predicted molar refractivity (Wildman–Crippen MR) is 97.3 cm³/mol. The summed E-state index contributed by atoms with van der Waals surface area (Å²) in [6.45, 7) is 2.74.